The van der Waals surface area contributed by atoms with Crippen molar-refractivity contribution in [3.05, 3.63) is 52.0 Å². The van der Waals surface area contributed by atoms with Gasteiger partial charge in [0.1, 0.15) is 11.6 Å². The topological polar surface area (TPSA) is 72.2 Å². The molecule has 0 aliphatic rings. The molecule has 0 saturated heterocycles. The second kappa shape index (κ2) is 5.61. The molecule has 0 atom stereocenters. The lowest BCUT2D eigenvalue weighted by Gasteiger charge is -2.12. The van der Waals surface area contributed by atoms with Crippen molar-refractivity contribution < 1.29 is 17.2 Å². The Hall–Kier alpha value is -1.67. The predicted molar refractivity (Wildman–Crippen MR) is 80.5 cm³/mol. The predicted octanol–water partition coefficient (Wildman–Crippen LogP) is 3.42. The van der Waals surface area contributed by atoms with Crippen LogP contribution in [0.2, 0.25) is 0 Å². The number of benzene rings is 2. The molecule has 0 amide bonds. The van der Waals surface area contributed by atoms with Crippen molar-refractivity contribution in [3.63, 3.8) is 0 Å². The van der Waals surface area contributed by atoms with E-state index in [0.717, 1.165) is 12.1 Å². The van der Waals surface area contributed by atoms with E-state index in [9.17, 15) is 17.2 Å². The molecular weight excluding hydrogens is 366 g/mol. The average molecular weight is 377 g/mol. The molecule has 112 valence electrons. The van der Waals surface area contributed by atoms with Gasteiger partial charge in [-0.3, -0.25) is 4.72 Å². The molecule has 0 saturated carbocycles. The van der Waals surface area contributed by atoms with Gasteiger partial charge in [0, 0.05) is 16.2 Å². The quantitative estimate of drug-likeness (QED) is 0.806. The van der Waals surface area contributed by atoms with Gasteiger partial charge in [-0.15, -0.1) is 0 Å². The van der Waals surface area contributed by atoms with Crippen molar-refractivity contribution >= 4 is 37.3 Å². The van der Waals surface area contributed by atoms with E-state index >= 15 is 0 Å². The van der Waals surface area contributed by atoms with Crippen LogP contribution in [0.5, 0.6) is 0 Å². The summed E-state index contributed by atoms with van der Waals surface area (Å²) in [7, 11) is -4.00. The summed E-state index contributed by atoms with van der Waals surface area (Å²) in [5.74, 6) is -1.75. The molecule has 2 rings (SSSR count). The second-order valence-corrected chi connectivity index (χ2v) is 6.91. The highest BCUT2D eigenvalue weighted by molar-refractivity contribution is 9.10. The fourth-order valence-corrected chi connectivity index (χ4v) is 3.54. The van der Waals surface area contributed by atoms with E-state index < -0.39 is 21.7 Å². The summed E-state index contributed by atoms with van der Waals surface area (Å²) >= 11 is 3.19. The van der Waals surface area contributed by atoms with Crippen LogP contribution in [0.1, 0.15) is 5.56 Å². The molecule has 0 aromatic heterocycles. The van der Waals surface area contributed by atoms with E-state index in [2.05, 4.69) is 20.7 Å². The van der Waals surface area contributed by atoms with Crippen molar-refractivity contribution in [1.82, 2.24) is 0 Å². The van der Waals surface area contributed by atoms with Crippen LogP contribution >= 0.6 is 15.9 Å². The third-order valence-corrected chi connectivity index (χ3v) is 4.91. The van der Waals surface area contributed by atoms with Crippen LogP contribution in [-0.4, -0.2) is 8.42 Å². The molecule has 4 nitrogen and oxygen atoms in total. The summed E-state index contributed by atoms with van der Waals surface area (Å²) < 4.78 is 53.5. The van der Waals surface area contributed by atoms with E-state index in [-0.39, 0.29) is 16.3 Å². The highest BCUT2D eigenvalue weighted by Crippen LogP contribution is 2.28. The minimum absolute atomic E-state index is 0.0622. The Morgan fingerprint density at radius 2 is 1.67 bits per heavy atom. The van der Waals surface area contributed by atoms with Gasteiger partial charge in [-0.25, -0.2) is 17.2 Å². The van der Waals surface area contributed by atoms with Crippen molar-refractivity contribution in [2.45, 2.75) is 11.8 Å². The van der Waals surface area contributed by atoms with Crippen LogP contribution in [0.15, 0.2) is 39.7 Å². The minimum atomic E-state index is -4.00. The number of nitrogen functional groups attached to an aromatic ring is 1. The van der Waals surface area contributed by atoms with E-state index in [4.69, 9.17) is 5.73 Å². The molecule has 0 aliphatic heterocycles. The lowest BCUT2D eigenvalue weighted by atomic mass is 10.2. The van der Waals surface area contributed by atoms with Crippen molar-refractivity contribution in [3.8, 4) is 0 Å². The van der Waals surface area contributed by atoms with Crippen LogP contribution in [0.25, 0.3) is 0 Å². The summed E-state index contributed by atoms with van der Waals surface area (Å²) in [6.45, 7) is 1.59. The highest BCUT2D eigenvalue weighted by Gasteiger charge is 2.19. The lowest BCUT2D eigenvalue weighted by Crippen LogP contribution is -2.15. The fourth-order valence-electron chi connectivity index (χ4n) is 1.78. The van der Waals surface area contributed by atoms with Gasteiger partial charge < -0.3 is 5.73 Å². The van der Waals surface area contributed by atoms with E-state index in [1.54, 1.807) is 13.0 Å². The highest BCUT2D eigenvalue weighted by atomic mass is 79.9. The first-order valence-corrected chi connectivity index (χ1v) is 8.01. The largest absolute Gasteiger partial charge is 0.398 e. The van der Waals surface area contributed by atoms with E-state index in [0.29, 0.717) is 16.1 Å². The maximum atomic E-state index is 13.1. The van der Waals surface area contributed by atoms with Gasteiger partial charge in [0.05, 0.1) is 10.6 Å². The molecule has 2 aromatic rings. The summed E-state index contributed by atoms with van der Waals surface area (Å²) in [6.07, 6.45) is 0. The third kappa shape index (κ3) is 3.51. The average Bonchev–Trinajstić information content (AvgIpc) is 2.31. The van der Waals surface area contributed by atoms with Crippen LogP contribution in [-0.2, 0) is 10.0 Å². The Labute approximate surface area is 129 Å². The van der Waals surface area contributed by atoms with Crippen LogP contribution < -0.4 is 10.5 Å². The Kier molecular flexibility index (Phi) is 4.20. The summed E-state index contributed by atoms with van der Waals surface area (Å²) in [6, 6.07) is 5.25. The number of nitrogens with one attached hydrogen (secondary N) is 1. The van der Waals surface area contributed by atoms with Crippen LogP contribution in [0.3, 0.4) is 0 Å². The van der Waals surface area contributed by atoms with E-state index in [1.165, 1.54) is 6.07 Å². The summed E-state index contributed by atoms with van der Waals surface area (Å²) in [5.41, 5.74) is 6.16. The first-order chi connectivity index (χ1) is 9.69. The Balaban J connectivity index is 2.45. The molecular formula is C13H11BrF2N2O2S. The molecule has 2 aromatic carbocycles. The molecule has 0 spiro atoms. The van der Waals surface area contributed by atoms with Gasteiger partial charge in [0.2, 0.25) is 0 Å². The molecule has 3 N–H and O–H groups in total. The number of hydrogen-bond donors (Lipinski definition) is 2. The molecule has 0 heterocycles. The van der Waals surface area contributed by atoms with Crippen LogP contribution in [0.4, 0.5) is 20.2 Å². The Bertz CT molecular complexity index is 790. The van der Waals surface area contributed by atoms with E-state index in [1.807, 2.05) is 0 Å². The summed E-state index contributed by atoms with van der Waals surface area (Å²) in [5, 5.41) is 0. The van der Waals surface area contributed by atoms with Crippen LogP contribution in [0, 0.1) is 18.6 Å². The normalized spacial score (nSPS) is 11.4. The van der Waals surface area contributed by atoms with Gasteiger partial charge in [0.15, 0.2) is 0 Å². The first kappa shape index (κ1) is 15.7. The van der Waals surface area contributed by atoms with Crippen molar-refractivity contribution in [2.24, 2.45) is 0 Å². The molecule has 21 heavy (non-hydrogen) atoms. The number of nitrogens with two attached hydrogens (primary N) is 1. The number of rotatable bonds is 3. The zero-order valence-electron chi connectivity index (χ0n) is 10.8. The summed E-state index contributed by atoms with van der Waals surface area (Å²) in [4.78, 5) is -0.0622. The Morgan fingerprint density at radius 3 is 2.24 bits per heavy atom. The zero-order chi connectivity index (χ0) is 15.8. The number of sulfonamides is 1. The number of halogens is 3. The fraction of sp³-hybridized carbons (Fsp3) is 0.0769. The molecule has 0 radical (unpaired) electrons. The third-order valence-electron chi connectivity index (χ3n) is 2.70. The monoisotopic (exact) mass is 376 g/mol. The SMILES string of the molecule is Cc1cc(Br)c(N)cc1S(=O)(=O)Nc1cc(F)cc(F)c1. The molecule has 0 unspecified atom stereocenters. The second-order valence-electron chi connectivity index (χ2n) is 4.40. The van der Waals surface area contributed by atoms with Crippen molar-refractivity contribution in [2.75, 3.05) is 10.5 Å². The maximum absolute atomic E-state index is 13.1. The number of aryl methyl sites for hydroxylation is 1. The molecule has 0 aliphatic carbocycles. The minimum Gasteiger partial charge on any atom is -0.398 e. The Morgan fingerprint density at radius 1 is 1.10 bits per heavy atom. The number of anilines is 2. The van der Waals surface area contributed by atoms with Gasteiger partial charge in [-0.05, 0) is 52.7 Å². The van der Waals surface area contributed by atoms with Gasteiger partial charge >= 0.3 is 0 Å². The standard InChI is InChI=1S/C13H11BrF2N2O2S/c1-7-2-11(14)12(17)6-13(7)21(19,20)18-10-4-8(15)3-9(16)5-10/h2-6,18H,17H2,1H3. The zero-order valence-corrected chi connectivity index (χ0v) is 13.2. The molecule has 0 fully saturated rings. The van der Waals surface area contributed by atoms with Crippen molar-refractivity contribution in [1.29, 1.82) is 0 Å². The smallest absolute Gasteiger partial charge is 0.262 e. The van der Waals surface area contributed by atoms with Gasteiger partial charge in [-0.2, -0.15) is 0 Å². The molecule has 0 bridgehead atoms. The lowest BCUT2D eigenvalue weighted by molar-refractivity contribution is 0.584. The first-order valence-electron chi connectivity index (χ1n) is 5.73. The maximum Gasteiger partial charge on any atom is 0.262 e. The number of hydrogen-bond acceptors (Lipinski definition) is 3. The molecule has 8 heteroatoms. The van der Waals surface area contributed by atoms with Gasteiger partial charge in [-0.1, -0.05) is 0 Å². The van der Waals surface area contributed by atoms with Gasteiger partial charge in [0.25, 0.3) is 10.0 Å².